The Morgan fingerprint density at radius 3 is 2.84 bits per heavy atom. The van der Waals surface area contributed by atoms with Crippen LogP contribution in [0.3, 0.4) is 0 Å². The van der Waals surface area contributed by atoms with E-state index in [1.807, 2.05) is 36.4 Å². The Balaban J connectivity index is 2.03. The average Bonchev–Trinajstić information content (AvgIpc) is 2.46. The van der Waals surface area contributed by atoms with E-state index in [-0.39, 0.29) is 5.78 Å². The van der Waals surface area contributed by atoms with E-state index in [0.29, 0.717) is 6.42 Å². The molecule has 0 spiro atoms. The van der Waals surface area contributed by atoms with Crippen molar-refractivity contribution >= 4 is 16.7 Å². The highest BCUT2D eigenvalue weighted by Crippen LogP contribution is 2.18. The lowest BCUT2D eigenvalue weighted by Crippen LogP contribution is -2.01. The zero-order valence-electron chi connectivity index (χ0n) is 11.1. The maximum Gasteiger partial charge on any atom is 0.165 e. The topological polar surface area (TPSA) is 30.0 Å². The number of Topliss-reactive ketones (excluding diaryl/α,β-unsaturated/α-hetero) is 1. The molecule has 0 amide bonds. The summed E-state index contributed by atoms with van der Waals surface area (Å²) in [5, 5.41) is 1.03. The van der Waals surface area contributed by atoms with E-state index in [1.165, 1.54) is 0 Å². The normalized spacial score (nSPS) is 10.5. The van der Waals surface area contributed by atoms with Crippen molar-refractivity contribution in [3.63, 3.8) is 0 Å². The van der Waals surface area contributed by atoms with Gasteiger partial charge >= 0.3 is 0 Å². The number of hydrogen-bond donors (Lipinski definition) is 0. The fourth-order valence-electron chi connectivity index (χ4n) is 2.21. The van der Waals surface area contributed by atoms with E-state index in [1.54, 1.807) is 6.20 Å². The van der Waals surface area contributed by atoms with Crippen LogP contribution in [0.4, 0.5) is 0 Å². The lowest BCUT2D eigenvalue weighted by atomic mass is 10.0. The second-order valence-corrected chi connectivity index (χ2v) is 4.69. The number of benzene rings is 1. The zero-order chi connectivity index (χ0) is 13.5. The van der Waals surface area contributed by atoms with Crippen molar-refractivity contribution in [2.75, 3.05) is 0 Å². The van der Waals surface area contributed by atoms with Crippen molar-refractivity contribution in [3.8, 4) is 0 Å². The highest BCUT2D eigenvalue weighted by atomic mass is 16.1. The SMILES string of the molecule is C=CCCCCCC(=O)c1cccc2cccnc12. The second kappa shape index (κ2) is 6.83. The van der Waals surface area contributed by atoms with Gasteiger partial charge in [-0.3, -0.25) is 9.78 Å². The van der Waals surface area contributed by atoms with Crippen molar-refractivity contribution in [2.24, 2.45) is 0 Å². The molecule has 0 N–H and O–H groups in total. The maximum atomic E-state index is 12.2. The van der Waals surface area contributed by atoms with Crippen LogP contribution >= 0.6 is 0 Å². The third-order valence-corrected chi connectivity index (χ3v) is 3.25. The molecule has 1 aromatic carbocycles. The maximum absolute atomic E-state index is 12.2. The fourth-order valence-corrected chi connectivity index (χ4v) is 2.21. The van der Waals surface area contributed by atoms with Gasteiger partial charge in [-0.2, -0.15) is 0 Å². The molecule has 19 heavy (non-hydrogen) atoms. The largest absolute Gasteiger partial charge is 0.294 e. The molecule has 1 aromatic heterocycles. The number of rotatable bonds is 7. The summed E-state index contributed by atoms with van der Waals surface area (Å²) in [6.07, 6.45) is 8.44. The number of aromatic nitrogens is 1. The summed E-state index contributed by atoms with van der Waals surface area (Å²) in [7, 11) is 0. The van der Waals surface area contributed by atoms with E-state index < -0.39 is 0 Å². The first-order valence-corrected chi connectivity index (χ1v) is 6.81. The van der Waals surface area contributed by atoms with Crippen LogP contribution in [-0.2, 0) is 0 Å². The molecule has 0 aliphatic rings. The lowest BCUT2D eigenvalue weighted by Gasteiger charge is -2.04. The number of pyridine rings is 1. The summed E-state index contributed by atoms with van der Waals surface area (Å²) < 4.78 is 0. The first-order chi connectivity index (χ1) is 9.33. The molecule has 0 bridgehead atoms. The van der Waals surface area contributed by atoms with Crippen LogP contribution in [0.2, 0.25) is 0 Å². The van der Waals surface area contributed by atoms with E-state index in [4.69, 9.17) is 0 Å². The standard InChI is InChI=1S/C17H19NO/c1-2-3-4-5-6-12-16(19)15-11-7-9-14-10-8-13-18-17(14)15/h2,7-11,13H,1,3-6,12H2. The fraction of sp³-hybridized carbons (Fsp3) is 0.294. The van der Waals surface area contributed by atoms with Crippen LogP contribution in [0.25, 0.3) is 10.9 Å². The Morgan fingerprint density at radius 2 is 2.00 bits per heavy atom. The number of carbonyl (C=O) groups excluding carboxylic acids is 1. The predicted molar refractivity (Wildman–Crippen MR) is 79.4 cm³/mol. The van der Waals surface area contributed by atoms with E-state index in [0.717, 1.165) is 42.1 Å². The van der Waals surface area contributed by atoms with Gasteiger partial charge in [0.2, 0.25) is 0 Å². The molecule has 2 heteroatoms. The number of unbranched alkanes of at least 4 members (excludes halogenated alkanes) is 3. The number of para-hydroxylation sites is 1. The van der Waals surface area contributed by atoms with E-state index >= 15 is 0 Å². The Kier molecular flexibility index (Phi) is 4.85. The number of nitrogens with zero attached hydrogens (tertiary/aromatic N) is 1. The third kappa shape index (κ3) is 3.50. The molecular weight excluding hydrogens is 234 g/mol. The minimum absolute atomic E-state index is 0.197. The van der Waals surface area contributed by atoms with Crippen molar-refractivity contribution in [1.82, 2.24) is 4.98 Å². The van der Waals surface area contributed by atoms with Gasteiger partial charge in [0.15, 0.2) is 5.78 Å². The number of allylic oxidation sites excluding steroid dienone is 1. The van der Waals surface area contributed by atoms with Crippen LogP contribution in [0, 0.1) is 0 Å². The van der Waals surface area contributed by atoms with Crippen molar-refractivity contribution in [2.45, 2.75) is 32.1 Å². The van der Waals surface area contributed by atoms with Crippen LogP contribution in [-0.4, -0.2) is 10.8 Å². The smallest absolute Gasteiger partial charge is 0.165 e. The van der Waals surface area contributed by atoms with Gasteiger partial charge in [-0.15, -0.1) is 6.58 Å². The highest BCUT2D eigenvalue weighted by Gasteiger charge is 2.10. The molecule has 0 saturated heterocycles. The minimum atomic E-state index is 0.197. The summed E-state index contributed by atoms with van der Waals surface area (Å²) in [5.74, 6) is 0.197. The van der Waals surface area contributed by atoms with Crippen LogP contribution in [0.1, 0.15) is 42.5 Å². The molecule has 0 unspecified atom stereocenters. The van der Waals surface area contributed by atoms with Gasteiger partial charge in [0.05, 0.1) is 5.52 Å². The Morgan fingerprint density at radius 1 is 1.16 bits per heavy atom. The van der Waals surface area contributed by atoms with Gasteiger partial charge in [-0.1, -0.05) is 30.7 Å². The molecule has 98 valence electrons. The molecular formula is C17H19NO. The van der Waals surface area contributed by atoms with Crippen molar-refractivity contribution in [3.05, 3.63) is 54.7 Å². The molecule has 0 radical (unpaired) electrons. The Bertz CT molecular complexity index is 569. The van der Waals surface area contributed by atoms with E-state index in [9.17, 15) is 4.79 Å². The van der Waals surface area contributed by atoms with Gasteiger partial charge in [-0.05, 0) is 31.4 Å². The quantitative estimate of drug-likeness (QED) is 0.411. The van der Waals surface area contributed by atoms with Crippen LogP contribution in [0.15, 0.2) is 49.2 Å². The summed E-state index contributed by atoms with van der Waals surface area (Å²) in [6.45, 7) is 3.70. The van der Waals surface area contributed by atoms with Crippen LogP contribution in [0.5, 0.6) is 0 Å². The predicted octanol–water partition coefficient (Wildman–Crippen LogP) is 4.55. The first-order valence-electron chi connectivity index (χ1n) is 6.81. The Hall–Kier alpha value is -1.96. The number of ketones is 1. The molecule has 0 atom stereocenters. The highest BCUT2D eigenvalue weighted by molar-refractivity contribution is 6.06. The molecule has 0 saturated carbocycles. The van der Waals surface area contributed by atoms with E-state index in [2.05, 4.69) is 11.6 Å². The number of fused-ring (bicyclic) bond motifs is 1. The molecule has 1 heterocycles. The number of hydrogen-bond acceptors (Lipinski definition) is 2. The first kappa shape index (κ1) is 13.5. The van der Waals surface area contributed by atoms with Gasteiger partial charge in [0.1, 0.15) is 0 Å². The summed E-state index contributed by atoms with van der Waals surface area (Å²) in [6, 6.07) is 9.68. The molecule has 0 aliphatic heterocycles. The van der Waals surface area contributed by atoms with Crippen molar-refractivity contribution in [1.29, 1.82) is 0 Å². The molecule has 2 rings (SSSR count). The summed E-state index contributed by atoms with van der Waals surface area (Å²) >= 11 is 0. The molecule has 2 nitrogen and oxygen atoms in total. The summed E-state index contributed by atoms with van der Waals surface area (Å²) in [5.41, 5.74) is 1.57. The molecule has 2 aromatic rings. The summed E-state index contributed by atoms with van der Waals surface area (Å²) in [4.78, 5) is 16.6. The lowest BCUT2D eigenvalue weighted by molar-refractivity contribution is 0.0980. The molecule has 0 aliphatic carbocycles. The van der Waals surface area contributed by atoms with Crippen molar-refractivity contribution < 1.29 is 4.79 Å². The van der Waals surface area contributed by atoms with Gasteiger partial charge in [-0.25, -0.2) is 0 Å². The monoisotopic (exact) mass is 253 g/mol. The van der Waals surface area contributed by atoms with Gasteiger partial charge in [0, 0.05) is 23.6 Å². The second-order valence-electron chi connectivity index (χ2n) is 4.69. The number of carbonyl (C=O) groups is 1. The average molecular weight is 253 g/mol. The third-order valence-electron chi connectivity index (χ3n) is 3.25. The minimum Gasteiger partial charge on any atom is -0.294 e. The Labute approximate surface area is 114 Å². The zero-order valence-corrected chi connectivity index (χ0v) is 11.1. The van der Waals surface area contributed by atoms with Gasteiger partial charge in [0.25, 0.3) is 0 Å². The molecule has 0 fully saturated rings. The van der Waals surface area contributed by atoms with Gasteiger partial charge < -0.3 is 0 Å². The van der Waals surface area contributed by atoms with Crippen LogP contribution < -0.4 is 0 Å².